The molecule has 2 aromatic rings. The van der Waals surface area contributed by atoms with Gasteiger partial charge < -0.3 is 14.4 Å². The minimum atomic E-state index is -0.279. The Balaban J connectivity index is 1.47. The lowest BCUT2D eigenvalue weighted by atomic mass is 10.1. The Kier molecular flexibility index (Phi) is 6.53. The summed E-state index contributed by atoms with van der Waals surface area (Å²) >= 11 is 5.83. The fourth-order valence-electron chi connectivity index (χ4n) is 3.03. The van der Waals surface area contributed by atoms with Crippen LogP contribution >= 0.6 is 11.6 Å². The molecule has 0 aliphatic carbocycles. The summed E-state index contributed by atoms with van der Waals surface area (Å²) < 4.78 is 24.3. The number of benzene rings is 2. The maximum absolute atomic E-state index is 13.5. The van der Waals surface area contributed by atoms with E-state index in [4.69, 9.17) is 21.1 Å². The maximum atomic E-state index is 13.5. The van der Waals surface area contributed by atoms with Crippen molar-refractivity contribution in [3.05, 3.63) is 58.9 Å². The Morgan fingerprint density at radius 3 is 2.48 bits per heavy atom. The van der Waals surface area contributed by atoms with E-state index < -0.39 is 0 Å². The highest BCUT2D eigenvalue weighted by Crippen LogP contribution is 2.22. The molecule has 1 aliphatic heterocycles. The van der Waals surface area contributed by atoms with Gasteiger partial charge in [-0.05, 0) is 42.5 Å². The van der Waals surface area contributed by atoms with Crippen LogP contribution in [-0.2, 0) is 11.3 Å². The van der Waals surface area contributed by atoms with Gasteiger partial charge in [0.05, 0.1) is 7.11 Å². The molecule has 1 aliphatic rings. The predicted octanol–water partition coefficient (Wildman–Crippen LogP) is 3.21. The van der Waals surface area contributed by atoms with Gasteiger partial charge in [0.1, 0.15) is 17.3 Å². The summed E-state index contributed by atoms with van der Waals surface area (Å²) in [6.45, 7) is 3.24. The number of carbonyl (C=O) groups excluding carboxylic acids is 1. The second kappa shape index (κ2) is 9.06. The molecule has 3 rings (SSSR count). The molecule has 1 fully saturated rings. The molecule has 0 aromatic heterocycles. The van der Waals surface area contributed by atoms with E-state index in [1.807, 2.05) is 0 Å². The highest BCUT2D eigenvalue weighted by Gasteiger charge is 2.22. The molecule has 0 radical (unpaired) electrons. The average Bonchev–Trinajstić information content (AvgIpc) is 2.68. The fourth-order valence-corrected chi connectivity index (χ4v) is 3.16. The Morgan fingerprint density at radius 1 is 1.11 bits per heavy atom. The molecule has 0 atom stereocenters. The molecule has 1 saturated heterocycles. The monoisotopic (exact) mass is 392 g/mol. The number of rotatable bonds is 6. The van der Waals surface area contributed by atoms with Crippen molar-refractivity contribution in [2.75, 3.05) is 39.9 Å². The summed E-state index contributed by atoms with van der Waals surface area (Å²) in [6.07, 6.45) is 0. The van der Waals surface area contributed by atoms with Gasteiger partial charge in [0.25, 0.3) is 5.91 Å². The van der Waals surface area contributed by atoms with E-state index in [0.717, 1.165) is 5.56 Å². The number of piperazine rings is 1. The Bertz CT molecular complexity index is 777. The minimum absolute atomic E-state index is 0.000643. The molecule has 7 heteroatoms. The number of hydrogen-bond acceptors (Lipinski definition) is 4. The third-order valence-corrected chi connectivity index (χ3v) is 4.79. The molecule has 0 saturated carbocycles. The van der Waals surface area contributed by atoms with Gasteiger partial charge in [-0.1, -0.05) is 11.6 Å². The molecule has 0 N–H and O–H groups in total. The van der Waals surface area contributed by atoms with Crippen LogP contribution in [0.4, 0.5) is 4.39 Å². The van der Waals surface area contributed by atoms with Gasteiger partial charge in [0.2, 0.25) is 0 Å². The van der Waals surface area contributed by atoms with E-state index in [2.05, 4.69) is 4.90 Å². The van der Waals surface area contributed by atoms with Crippen LogP contribution in [0.1, 0.15) is 5.56 Å². The second-order valence-corrected chi connectivity index (χ2v) is 6.79. The molecule has 1 amide bonds. The average molecular weight is 393 g/mol. The number of halogens is 2. The molecule has 2 aromatic carbocycles. The quantitative estimate of drug-likeness (QED) is 0.757. The smallest absolute Gasteiger partial charge is 0.260 e. The van der Waals surface area contributed by atoms with Crippen molar-refractivity contribution in [1.29, 1.82) is 0 Å². The zero-order valence-electron chi connectivity index (χ0n) is 15.2. The van der Waals surface area contributed by atoms with Crippen LogP contribution in [-0.4, -0.2) is 55.6 Å². The van der Waals surface area contributed by atoms with Crippen molar-refractivity contribution < 1.29 is 18.7 Å². The van der Waals surface area contributed by atoms with Crippen LogP contribution in [0.2, 0.25) is 5.02 Å². The molecule has 0 unspecified atom stereocenters. The first-order chi connectivity index (χ1) is 13.0. The summed E-state index contributed by atoms with van der Waals surface area (Å²) in [4.78, 5) is 16.3. The maximum Gasteiger partial charge on any atom is 0.260 e. The number of ether oxygens (including phenoxy) is 2. The first kappa shape index (κ1) is 19.5. The largest absolute Gasteiger partial charge is 0.496 e. The van der Waals surface area contributed by atoms with E-state index >= 15 is 0 Å². The number of hydrogen-bond donors (Lipinski definition) is 0. The van der Waals surface area contributed by atoms with Crippen molar-refractivity contribution >= 4 is 17.5 Å². The van der Waals surface area contributed by atoms with E-state index in [9.17, 15) is 9.18 Å². The van der Waals surface area contributed by atoms with Crippen molar-refractivity contribution in [2.45, 2.75) is 6.54 Å². The van der Waals surface area contributed by atoms with Gasteiger partial charge in [-0.25, -0.2) is 4.39 Å². The topological polar surface area (TPSA) is 42.0 Å². The molecule has 27 heavy (non-hydrogen) atoms. The van der Waals surface area contributed by atoms with Crippen molar-refractivity contribution in [1.82, 2.24) is 9.80 Å². The number of amides is 1. The van der Waals surface area contributed by atoms with Crippen LogP contribution in [0, 0.1) is 5.82 Å². The second-order valence-electron chi connectivity index (χ2n) is 6.36. The summed E-state index contributed by atoms with van der Waals surface area (Å²) in [7, 11) is 1.58. The van der Waals surface area contributed by atoms with Gasteiger partial charge in [-0.15, -0.1) is 0 Å². The number of methoxy groups -OCH3 is 1. The Labute approximate surface area is 163 Å². The van der Waals surface area contributed by atoms with Crippen molar-refractivity contribution in [2.24, 2.45) is 0 Å². The lowest BCUT2D eigenvalue weighted by Crippen LogP contribution is -2.49. The van der Waals surface area contributed by atoms with Gasteiger partial charge >= 0.3 is 0 Å². The van der Waals surface area contributed by atoms with Gasteiger partial charge in [-0.3, -0.25) is 9.69 Å². The molecule has 0 spiro atoms. The van der Waals surface area contributed by atoms with Gasteiger partial charge in [0.15, 0.2) is 6.61 Å². The molecule has 5 nitrogen and oxygen atoms in total. The molecule has 144 valence electrons. The number of carbonyl (C=O) groups is 1. The fraction of sp³-hybridized carbons (Fsp3) is 0.350. The van der Waals surface area contributed by atoms with Crippen LogP contribution in [0.25, 0.3) is 0 Å². The van der Waals surface area contributed by atoms with E-state index in [1.165, 1.54) is 12.1 Å². The third-order valence-electron chi connectivity index (χ3n) is 4.54. The van der Waals surface area contributed by atoms with Gasteiger partial charge in [0, 0.05) is 43.3 Å². The van der Waals surface area contributed by atoms with E-state index in [1.54, 1.807) is 42.3 Å². The summed E-state index contributed by atoms with van der Waals surface area (Å²) in [6, 6.07) is 11.4. The normalized spacial score (nSPS) is 14.9. The zero-order valence-corrected chi connectivity index (χ0v) is 15.9. The number of nitrogens with zero attached hydrogens (tertiary/aromatic N) is 2. The van der Waals surface area contributed by atoms with Crippen molar-refractivity contribution in [3.8, 4) is 11.5 Å². The third kappa shape index (κ3) is 5.34. The van der Waals surface area contributed by atoms with E-state index in [0.29, 0.717) is 49.2 Å². The summed E-state index contributed by atoms with van der Waals surface area (Å²) in [5.41, 5.74) is 0.809. The van der Waals surface area contributed by atoms with Crippen LogP contribution in [0.3, 0.4) is 0 Å². The highest BCUT2D eigenvalue weighted by atomic mass is 35.5. The van der Waals surface area contributed by atoms with Crippen molar-refractivity contribution in [3.63, 3.8) is 0 Å². The molecular formula is C20H22ClFN2O3. The first-order valence-corrected chi connectivity index (χ1v) is 9.14. The molecule has 0 bridgehead atoms. The summed E-state index contributed by atoms with van der Waals surface area (Å²) in [5.74, 6) is 0.961. The first-order valence-electron chi connectivity index (χ1n) is 8.76. The highest BCUT2D eigenvalue weighted by molar-refractivity contribution is 6.30. The predicted molar refractivity (Wildman–Crippen MR) is 102 cm³/mol. The lowest BCUT2D eigenvalue weighted by molar-refractivity contribution is -0.135. The van der Waals surface area contributed by atoms with Crippen LogP contribution < -0.4 is 9.47 Å². The lowest BCUT2D eigenvalue weighted by Gasteiger charge is -2.34. The van der Waals surface area contributed by atoms with E-state index in [-0.39, 0.29) is 18.3 Å². The zero-order chi connectivity index (χ0) is 19.2. The Hall–Kier alpha value is -2.31. The summed E-state index contributed by atoms with van der Waals surface area (Å²) in [5, 5.41) is 0.625. The molecule has 1 heterocycles. The van der Waals surface area contributed by atoms with Gasteiger partial charge in [-0.2, -0.15) is 0 Å². The van der Waals surface area contributed by atoms with Crippen LogP contribution in [0.15, 0.2) is 42.5 Å². The minimum Gasteiger partial charge on any atom is -0.496 e. The standard InChI is InChI=1S/C20H22ClFN2O3/c1-26-19-7-4-17(22)12-15(19)13-23-8-10-24(11-9-23)20(25)14-27-18-5-2-16(21)3-6-18/h2-7,12H,8-11,13-14H2,1H3. The Morgan fingerprint density at radius 2 is 1.81 bits per heavy atom. The SMILES string of the molecule is COc1ccc(F)cc1CN1CCN(C(=O)COc2ccc(Cl)cc2)CC1. The van der Waals surface area contributed by atoms with Crippen LogP contribution in [0.5, 0.6) is 11.5 Å². The molecular weight excluding hydrogens is 371 g/mol.